The summed E-state index contributed by atoms with van der Waals surface area (Å²) in [7, 11) is 0. The summed E-state index contributed by atoms with van der Waals surface area (Å²) in [4.78, 5) is 0. The van der Waals surface area contributed by atoms with E-state index in [1.54, 1.807) is 0 Å². The molecule has 0 atom stereocenters. The quantitative estimate of drug-likeness (QED) is 0.458. The molecule has 1 heteroatoms. The van der Waals surface area contributed by atoms with E-state index < -0.39 is 0 Å². The molecule has 28 valence electrons. The fourth-order valence-electron chi connectivity index (χ4n) is 0.393. The zero-order chi connectivity index (χ0) is 3.54. The molecule has 1 aliphatic rings. The minimum absolute atomic E-state index is 0. The Kier molecular flexibility index (Phi) is 4.79. The Morgan fingerprint density at radius 3 is 1.67 bits per heavy atom. The fraction of sp³-hybridized carbons (Fsp3) is 0.200. The number of hydrogen-bond donors (Lipinski definition) is 0. The van der Waals surface area contributed by atoms with Gasteiger partial charge in [0.15, 0.2) is 0 Å². The van der Waals surface area contributed by atoms with Crippen LogP contribution in [0.4, 0.5) is 0 Å². The normalized spacial score (nSPS) is 14.7. The number of rotatable bonds is 0. The van der Waals surface area contributed by atoms with Crippen LogP contribution in [0.25, 0.3) is 0 Å². The van der Waals surface area contributed by atoms with Crippen LogP contribution in [-0.4, -0.2) is 45.5 Å². The molecule has 0 unspecified atom stereocenters. The largest absolute Gasteiger partial charge is 0.0808 e. The molecule has 0 spiro atoms. The van der Waals surface area contributed by atoms with Gasteiger partial charge in [0.1, 0.15) is 0 Å². The molecular formula is C5H6Sr. The Balaban J connectivity index is 0.000000250. The molecule has 0 aliphatic heterocycles. The Bertz CT molecular complexity index is 62.0. The van der Waals surface area contributed by atoms with Crippen molar-refractivity contribution in [3.63, 3.8) is 0 Å². The van der Waals surface area contributed by atoms with Crippen molar-refractivity contribution in [2.24, 2.45) is 0 Å². The van der Waals surface area contributed by atoms with E-state index in [4.69, 9.17) is 0 Å². The summed E-state index contributed by atoms with van der Waals surface area (Å²) in [6, 6.07) is 0. The third-order valence-corrected chi connectivity index (χ3v) is 0.655. The molecule has 0 aromatic heterocycles. The summed E-state index contributed by atoms with van der Waals surface area (Å²) in [5.41, 5.74) is 0. The van der Waals surface area contributed by atoms with Gasteiger partial charge in [-0.1, -0.05) is 24.3 Å². The summed E-state index contributed by atoms with van der Waals surface area (Å²) in [6.07, 6.45) is 9.50. The maximum Gasteiger partial charge on any atom is 0 e. The van der Waals surface area contributed by atoms with Crippen molar-refractivity contribution in [3.05, 3.63) is 24.3 Å². The van der Waals surface area contributed by atoms with Gasteiger partial charge in [0, 0.05) is 45.5 Å². The van der Waals surface area contributed by atoms with E-state index >= 15 is 0 Å². The zero-order valence-corrected chi connectivity index (χ0v) is 7.20. The molecular weight excluding hydrogens is 148 g/mol. The van der Waals surface area contributed by atoms with E-state index in [1.165, 1.54) is 0 Å². The molecule has 0 saturated carbocycles. The van der Waals surface area contributed by atoms with Crippen molar-refractivity contribution in [3.8, 4) is 0 Å². The van der Waals surface area contributed by atoms with E-state index in [1.807, 2.05) is 0 Å². The van der Waals surface area contributed by atoms with Crippen LogP contribution in [0.2, 0.25) is 0 Å². The summed E-state index contributed by atoms with van der Waals surface area (Å²) in [6.45, 7) is 0. The SMILES string of the molecule is C1=CCC=C1.[Sr]. The van der Waals surface area contributed by atoms with Gasteiger partial charge in [-0.3, -0.25) is 0 Å². The standard InChI is InChI=1S/C5H6.Sr/c1-2-4-5-3-1;/h1-4H,5H2;. The Labute approximate surface area is 75.2 Å². The van der Waals surface area contributed by atoms with Gasteiger partial charge in [-0.25, -0.2) is 0 Å². The van der Waals surface area contributed by atoms with E-state index in [9.17, 15) is 0 Å². The van der Waals surface area contributed by atoms with Crippen LogP contribution in [0.3, 0.4) is 0 Å². The Morgan fingerprint density at radius 1 is 1.00 bits per heavy atom. The maximum absolute atomic E-state index is 2.12. The topological polar surface area (TPSA) is 0 Å². The summed E-state index contributed by atoms with van der Waals surface area (Å²) >= 11 is 0. The summed E-state index contributed by atoms with van der Waals surface area (Å²) in [5, 5.41) is 0. The van der Waals surface area contributed by atoms with Crippen molar-refractivity contribution in [2.45, 2.75) is 6.42 Å². The van der Waals surface area contributed by atoms with Crippen molar-refractivity contribution >= 4 is 45.5 Å². The van der Waals surface area contributed by atoms with Gasteiger partial charge in [0.2, 0.25) is 0 Å². The molecule has 0 fully saturated rings. The molecule has 0 bridgehead atoms. The van der Waals surface area contributed by atoms with Gasteiger partial charge in [-0.05, 0) is 6.42 Å². The number of hydrogen-bond acceptors (Lipinski definition) is 0. The Morgan fingerprint density at radius 2 is 1.50 bits per heavy atom. The fourth-order valence-corrected chi connectivity index (χ4v) is 0.393. The third kappa shape index (κ3) is 2.19. The van der Waals surface area contributed by atoms with Gasteiger partial charge in [-0.15, -0.1) is 0 Å². The molecule has 0 heterocycles. The number of allylic oxidation sites excluding steroid dienone is 4. The molecule has 0 saturated heterocycles. The van der Waals surface area contributed by atoms with Crippen molar-refractivity contribution < 1.29 is 0 Å². The monoisotopic (exact) mass is 154 g/mol. The molecule has 1 rings (SSSR count). The van der Waals surface area contributed by atoms with Gasteiger partial charge in [0.05, 0.1) is 0 Å². The first-order chi connectivity index (χ1) is 2.50. The molecule has 6 heavy (non-hydrogen) atoms. The molecule has 0 amide bonds. The van der Waals surface area contributed by atoms with Crippen LogP contribution in [0.15, 0.2) is 24.3 Å². The smallest absolute Gasteiger partial charge is 0 e. The molecule has 0 aromatic rings. The second-order valence-electron chi connectivity index (χ2n) is 1.09. The molecule has 0 N–H and O–H groups in total. The van der Waals surface area contributed by atoms with Gasteiger partial charge in [0.25, 0.3) is 0 Å². The first kappa shape index (κ1) is 6.96. The van der Waals surface area contributed by atoms with E-state index in [0.29, 0.717) is 0 Å². The van der Waals surface area contributed by atoms with Crippen LogP contribution < -0.4 is 0 Å². The first-order valence-electron chi connectivity index (χ1n) is 1.82. The van der Waals surface area contributed by atoms with Crippen molar-refractivity contribution in [2.75, 3.05) is 0 Å². The molecule has 0 aromatic carbocycles. The predicted molar refractivity (Wildman–Crippen MR) is 28.7 cm³/mol. The van der Waals surface area contributed by atoms with Crippen molar-refractivity contribution in [1.29, 1.82) is 0 Å². The van der Waals surface area contributed by atoms with E-state index in [0.717, 1.165) is 6.42 Å². The average Bonchev–Trinajstić information content (AvgIpc) is 1.76. The minimum atomic E-state index is 0. The van der Waals surface area contributed by atoms with Crippen LogP contribution in [0, 0.1) is 0 Å². The third-order valence-electron chi connectivity index (χ3n) is 0.655. The van der Waals surface area contributed by atoms with Gasteiger partial charge >= 0.3 is 0 Å². The van der Waals surface area contributed by atoms with E-state index in [2.05, 4.69) is 24.3 Å². The van der Waals surface area contributed by atoms with E-state index in [-0.39, 0.29) is 45.5 Å². The zero-order valence-electron chi connectivity index (χ0n) is 3.72. The van der Waals surface area contributed by atoms with Crippen LogP contribution in [-0.2, 0) is 0 Å². The van der Waals surface area contributed by atoms with Crippen molar-refractivity contribution in [1.82, 2.24) is 0 Å². The first-order valence-corrected chi connectivity index (χ1v) is 1.82. The van der Waals surface area contributed by atoms with Gasteiger partial charge in [-0.2, -0.15) is 0 Å². The summed E-state index contributed by atoms with van der Waals surface area (Å²) in [5.74, 6) is 0. The average molecular weight is 154 g/mol. The second kappa shape index (κ2) is 4.13. The Hall–Kier alpha value is 0.961. The van der Waals surface area contributed by atoms with Crippen LogP contribution >= 0.6 is 0 Å². The molecule has 2 radical (unpaired) electrons. The second-order valence-corrected chi connectivity index (χ2v) is 1.09. The van der Waals surface area contributed by atoms with Crippen LogP contribution in [0.1, 0.15) is 6.42 Å². The summed E-state index contributed by atoms with van der Waals surface area (Å²) < 4.78 is 0. The minimum Gasteiger partial charge on any atom is -0.0808 e. The predicted octanol–water partition coefficient (Wildman–Crippen LogP) is 1.12. The molecule has 0 nitrogen and oxygen atoms in total. The van der Waals surface area contributed by atoms with Gasteiger partial charge < -0.3 is 0 Å². The van der Waals surface area contributed by atoms with Crippen LogP contribution in [0.5, 0.6) is 0 Å². The maximum atomic E-state index is 2.12. The molecule has 1 aliphatic carbocycles.